The lowest BCUT2D eigenvalue weighted by atomic mass is 9.80. The van der Waals surface area contributed by atoms with Crippen LogP contribution in [0.4, 0.5) is 0 Å². The van der Waals surface area contributed by atoms with Crippen molar-refractivity contribution in [3.05, 3.63) is 137 Å². The molecule has 0 radical (unpaired) electrons. The molecular weight excluding hydrogens is 558 g/mol. The van der Waals surface area contributed by atoms with Gasteiger partial charge >= 0.3 is 0 Å². The van der Waals surface area contributed by atoms with Gasteiger partial charge in [-0.3, -0.25) is 9.88 Å². The van der Waals surface area contributed by atoms with E-state index in [-0.39, 0.29) is 0 Å². The average Bonchev–Trinajstić information content (AvgIpc) is 3.10. The van der Waals surface area contributed by atoms with Gasteiger partial charge in [0, 0.05) is 36.4 Å². The number of hydrogen-bond acceptors (Lipinski definition) is 3. The van der Waals surface area contributed by atoms with E-state index in [2.05, 4.69) is 133 Å². The van der Waals surface area contributed by atoms with Crippen LogP contribution in [0.2, 0.25) is 0 Å². The van der Waals surface area contributed by atoms with Crippen molar-refractivity contribution in [2.24, 2.45) is 0 Å². The van der Waals surface area contributed by atoms with Crippen molar-refractivity contribution < 1.29 is 0 Å². The summed E-state index contributed by atoms with van der Waals surface area (Å²) >= 11 is 0. The molecule has 3 nitrogen and oxygen atoms in total. The quantitative estimate of drug-likeness (QED) is 0.190. The third kappa shape index (κ3) is 5.32. The van der Waals surface area contributed by atoms with Gasteiger partial charge < -0.3 is 4.90 Å². The molecule has 6 aromatic rings. The topological polar surface area (TPSA) is 19.4 Å². The van der Waals surface area contributed by atoms with Crippen LogP contribution in [-0.4, -0.2) is 48.0 Å². The van der Waals surface area contributed by atoms with Crippen molar-refractivity contribution >= 4 is 21.5 Å². The molecule has 230 valence electrons. The minimum Gasteiger partial charge on any atom is -0.306 e. The molecule has 0 saturated carbocycles. The maximum atomic E-state index is 4.36. The molecule has 0 spiro atoms. The second-order valence-electron chi connectivity index (χ2n) is 13.8. The first-order valence-corrected chi connectivity index (χ1v) is 17.0. The highest BCUT2D eigenvalue weighted by Crippen LogP contribution is 2.39. The van der Waals surface area contributed by atoms with Crippen molar-refractivity contribution in [2.75, 3.05) is 21.1 Å². The molecule has 46 heavy (non-hydrogen) atoms. The number of pyridine rings is 1. The SMILES string of the molecule is CN(C)[C@H]1CCc2c(cc(CN(C)[C@H]3CCc4c(cccc4-c4cccc5cnccc45)C3)cc2-c2cccc3ccccc23)C1. The minimum atomic E-state index is 0.519. The van der Waals surface area contributed by atoms with Gasteiger partial charge in [-0.1, -0.05) is 84.9 Å². The van der Waals surface area contributed by atoms with E-state index in [0.717, 1.165) is 32.2 Å². The van der Waals surface area contributed by atoms with Gasteiger partial charge in [-0.05, 0) is 138 Å². The number of benzene rings is 5. The fourth-order valence-corrected chi connectivity index (χ4v) is 8.37. The number of rotatable bonds is 6. The third-order valence-electron chi connectivity index (χ3n) is 10.9. The molecule has 2 aliphatic carbocycles. The van der Waals surface area contributed by atoms with E-state index >= 15 is 0 Å². The first kappa shape index (κ1) is 29.1. The molecular formula is C43H43N3. The van der Waals surface area contributed by atoms with Gasteiger partial charge in [-0.2, -0.15) is 0 Å². The fourth-order valence-electron chi connectivity index (χ4n) is 8.37. The lowest BCUT2D eigenvalue weighted by molar-refractivity contribution is 0.214. The van der Waals surface area contributed by atoms with E-state index in [0.29, 0.717) is 12.1 Å². The van der Waals surface area contributed by atoms with Crippen LogP contribution in [0.5, 0.6) is 0 Å². The lowest BCUT2D eigenvalue weighted by Crippen LogP contribution is -2.36. The predicted octanol–water partition coefficient (Wildman–Crippen LogP) is 9.13. The highest BCUT2D eigenvalue weighted by molar-refractivity contribution is 5.98. The second-order valence-corrected chi connectivity index (χ2v) is 13.8. The Hall–Kier alpha value is -4.31. The van der Waals surface area contributed by atoms with Gasteiger partial charge in [0.2, 0.25) is 0 Å². The normalized spacial score (nSPS) is 17.8. The third-order valence-corrected chi connectivity index (χ3v) is 10.9. The second kappa shape index (κ2) is 12.1. The van der Waals surface area contributed by atoms with E-state index in [9.17, 15) is 0 Å². The Balaban J connectivity index is 1.11. The van der Waals surface area contributed by atoms with Gasteiger partial charge in [0.15, 0.2) is 0 Å². The van der Waals surface area contributed by atoms with Gasteiger partial charge in [0.05, 0.1) is 0 Å². The van der Waals surface area contributed by atoms with E-state index in [1.54, 1.807) is 11.1 Å². The molecule has 0 aliphatic heterocycles. The van der Waals surface area contributed by atoms with Gasteiger partial charge in [-0.25, -0.2) is 0 Å². The Morgan fingerprint density at radius 3 is 2.11 bits per heavy atom. The van der Waals surface area contributed by atoms with E-state index in [1.165, 1.54) is 73.3 Å². The minimum absolute atomic E-state index is 0.519. The number of aromatic nitrogens is 1. The van der Waals surface area contributed by atoms with Crippen LogP contribution >= 0.6 is 0 Å². The standard InChI is InChI=1S/C43H43N3/c1-45(2)34-17-19-38-33(26-34)23-29(24-43(38)42-16-6-10-30-9-4-5-13-36(30)42)28-46(3)35-18-20-37-31(25-35)11-7-14-40(37)41-15-8-12-32-27-44-22-21-39(32)41/h4-16,21-24,27,34-35H,17-20,25-26,28H2,1-3H3/t34-,35-/m0/s1. The van der Waals surface area contributed by atoms with Crippen LogP contribution in [0, 0.1) is 0 Å². The number of likely N-dealkylation sites (N-methyl/N-ethyl adjacent to an activating group) is 2. The van der Waals surface area contributed by atoms with Gasteiger partial charge in [-0.15, -0.1) is 0 Å². The number of fused-ring (bicyclic) bond motifs is 4. The van der Waals surface area contributed by atoms with Crippen molar-refractivity contribution in [3.8, 4) is 22.3 Å². The Morgan fingerprint density at radius 1 is 0.609 bits per heavy atom. The van der Waals surface area contributed by atoms with Crippen molar-refractivity contribution in [1.82, 2.24) is 14.8 Å². The van der Waals surface area contributed by atoms with Crippen LogP contribution < -0.4 is 0 Å². The zero-order valence-corrected chi connectivity index (χ0v) is 27.3. The lowest BCUT2D eigenvalue weighted by Gasteiger charge is -2.35. The molecule has 0 amide bonds. The van der Waals surface area contributed by atoms with Crippen LogP contribution in [-0.2, 0) is 32.2 Å². The molecule has 0 bridgehead atoms. The smallest absolute Gasteiger partial charge is 0.0346 e. The summed E-state index contributed by atoms with van der Waals surface area (Å²) in [6, 6.07) is 37.6. The Labute approximate surface area is 273 Å². The zero-order chi connectivity index (χ0) is 31.2. The maximum absolute atomic E-state index is 4.36. The van der Waals surface area contributed by atoms with Crippen molar-refractivity contribution in [3.63, 3.8) is 0 Å². The van der Waals surface area contributed by atoms with Crippen LogP contribution in [0.15, 0.2) is 109 Å². The summed E-state index contributed by atoms with van der Waals surface area (Å²) < 4.78 is 0. The highest BCUT2D eigenvalue weighted by Gasteiger charge is 2.27. The number of hydrogen-bond donors (Lipinski definition) is 0. The van der Waals surface area contributed by atoms with Gasteiger partial charge in [0.1, 0.15) is 0 Å². The molecule has 1 aromatic heterocycles. The van der Waals surface area contributed by atoms with Crippen LogP contribution in [0.25, 0.3) is 43.8 Å². The molecule has 0 N–H and O–H groups in total. The fraction of sp³-hybridized carbons (Fsp3) is 0.279. The maximum Gasteiger partial charge on any atom is 0.0346 e. The zero-order valence-electron chi connectivity index (χ0n) is 27.3. The molecule has 3 heteroatoms. The molecule has 2 aliphatic rings. The summed E-state index contributed by atoms with van der Waals surface area (Å²) in [5.41, 5.74) is 13.1. The predicted molar refractivity (Wildman–Crippen MR) is 193 cm³/mol. The summed E-state index contributed by atoms with van der Waals surface area (Å²) in [6.07, 6.45) is 10.8. The molecule has 1 heterocycles. The van der Waals surface area contributed by atoms with Crippen LogP contribution in [0.3, 0.4) is 0 Å². The monoisotopic (exact) mass is 601 g/mol. The van der Waals surface area contributed by atoms with E-state index < -0.39 is 0 Å². The van der Waals surface area contributed by atoms with Gasteiger partial charge in [0.25, 0.3) is 0 Å². The van der Waals surface area contributed by atoms with Crippen molar-refractivity contribution in [2.45, 2.75) is 57.2 Å². The molecule has 5 aromatic carbocycles. The molecule has 0 fully saturated rings. The average molecular weight is 602 g/mol. The first-order valence-electron chi connectivity index (χ1n) is 17.0. The summed E-state index contributed by atoms with van der Waals surface area (Å²) in [4.78, 5) is 9.41. The summed E-state index contributed by atoms with van der Waals surface area (Å²) in [6.45, 7) is 0.966. The largest absolute Gasteiger partial charge is 0.306 e. The summed E-state index contributed by atoms with van der Waals surface area (Å²) in [5.74, 6) is 0. The number of nitrogens with zero attached hydrogens (tertiary/aromatic N) is 3. The summed E-state index contributed by atoms with van der Waals surface area (Å²) in [5, 5.41) is 5.17. The Morgan fingerprint density at radius 2 is 1.26 bits per heavy atom. The Bertz CT molecular complexity index is 2050. The Kier molecular flexibility index (Phi) is 7.68. The molecule has 0 saturated heterocycles. The first-order chi connectivity index (χ1) is 22.5. The van der Waals surface area contributed by atoms with Crippen LogP contribution in [0.1, 0.15) is 40.7 Å². The van der Waals surface area contributed by atoms with E-state index in [4.69, 9.17) is 0 Å². The van der Waals surface area contributed by atoms with Crippen molar-refractivity contribution in [1.29, 1.82) is 0 Å². The molecule has 2 atom stereocenters. The summed E-state index contributed by atoms with van der Waals surface area (Å²) in [7, 11) is 6.82. The molecule has 8 rings (SSSR count). The highest BCUT2D eigenvalue weighted by atomic mass is 15.1. The van der Waals surface area contributed by atoms with E-state index in [1.807, 2.05) is 12.4 Å². The molecule has 0 unspecified atom stereocenters.